The molecule has 1 atom stereocenters. The molecule has 0 unspecified atom stereocenters. The Kier molecular flexibility index (Phi) is 8.74. The van der Waals surface area contributed by atoms with Crippen molar-refractivity contribution in [3.63, 3.8) is 0 Å². The molecule has 2 aromatic rings. The monoisotopic (exact) mass is 378 g/mol. The summed E-state index contributed by atoms with van der Waals surface area (Å²) in [7, 11) is 0. The zero-order valence-corrected chi connectivity index (χ0v) is 16.4. The predicted molar refractivity (Wildman–Crippen MR) is 110 cm³/mol. The molecular formula is C23H26N2O3. The van der Waals surface area contributed by atoms with Crippen LogP contribution in [-0.4, -0.2) is 18.7 Å². The molecule has 0 aliphatic carbocycles. The highest BCUT2D eigenvalue weighted by Crippen LogP contribution is 2.22. The Morgan fingerprint density at radius 1 is 1.00 bits per heavy atom. The van der Waals surface area contributed by atoms with Gasteiger partial charge in [0, 0.05) is 0 Å². The number of terminal acetylenes is 1. The highest BCUT2D eigenvalue weighted by Gasteiger charge is 2.09. The highest BCUT2D eigenvalue weighted by molar-refractivity contribution is 5.89. The maximum absolute atomic E-state index is 11.9. The van der Waals surface area contributed by atoms with Gasteiger partial charge >= 0.3 is 5.97 Å². The Morgan fingerprint density at radius 3 is 2.18 bits per heavy atom. The van der Waals surface area contributed by atoms with E-state index >= 15 is 0 Å². The van der Waals surface area contributed by atoms with Gasteiger partial charge in [0.2, 0.25) is 0 Å². The molecule has 0 aromatic heterocycles. The number of benzene rings is 2. The molecule has 28 heavy (non-hydrogen) atoms. The van der Waals surface area contributed by atoms with E-state index in [1.807, 2.05) is 24.3 Å². The van der Waals surface area contributed by atoms with Crippen LogP contribution in [0, 0.1) is 12.3 Å². The molecule has 0 amide bonds. The summed E-state index contributed by atoms with van der Waals surface area (Å²) in [5, 5.41) is 8.38. The van der Waals surface area contributed by atoms with Crippen molar-refractivity contribution in [1.82, 2.24) is 0 Å². The van der Waals surface area contributed by atoms with Gasteiger partial charge in [-0.3, -0.25) is 0 Å². The minimum absolute atomic E-state index is 0.418. The van der Waals surface area contributed by atoms with Gasteiger partial charge in [-0.25, -0.2) is 4.79 Å². The van der Waals surface area contributed by atoms with Gasteiger partial charge in [-0.05, 0) is 61.9 Å². The molecule has 5 nitrogen and oxygen atoms in total. The number of unbranched alkanes of at least 4 members (excludes halogenated alkanes) is 3. The number of ether oxygens (including phenoxy) is 2. The third kappa shape index (κ3) is 7.24. The third-order valence-electron chi connectivity index (χ3n) is 4.01. The van der Waals surface area contributed by atoms with Crippen LogP contribution in [0.25, 0.3) is 0 Å². The van der Waals surface area contributed by atoms with Crippen LogP contribution in [0.2, 0.25) is 0 Å². The van der Waals surface area contributed by atoms with Crippen molar-refractivity contribution in [1.29, 1.82) is 0 Å². The lowest BCUT2D eigenvalue weighted by Gasteiger charge is -2.07. The first-order chi connectivity index (χ1) is 13.6. The van der Waals surface area contributed by atoms with E-state index in [1.54, 1.807) is 31.2 Å². The minimum atomic E-state index is -0.560. The fourth-order valence-electron chi connectivity index (χ4n) is 2.37. The number of nitrogens with zero attached hydrogens (tertiary/aromatic N) is 2. The topological polar surface area (TPSA) is 60.2 Å². The fourth-order valence-corrected chi connectivity index (χ4v) is 2.37. The smallest absolute Gasteiger partial charge is 0.339 e. The van der Waals surface area contributed by atoms with E-state index in [1.165, 1.54) is 19.3 Å². The molecular weight excluding hydrogens is 352 g/mol. The Morgan fingerprint density at radius 2 is 1.61 bits per heavy atom. The molecule has 146 valence electrons. The van der Waals surface area contributed by atoms with Crippen molar-refractivity contribution >= 4 is 17.3 Å². The number of carbonyl (C=O) groups is 1. The lowest BCUT2D eigenvalue weighted by atomic mass is 10.2. The van der Waals surface area contributed by atoms with E-state index in [-0.39, 0.29) is 0 Å². The number of hydrogen-bond donors (Lipinski definition) is 0. The molecule has 5 heteroatoms. The van der Waals surface area contributed by atoms with Crippen LogP contribution in [-0.2, 0) is 4.74 Å². The first-order valence-electron chi connectivity index (χ1n) is 9.54. The summed E-state index contributed by atoms with van der Waals surface area (Å²) in [6.45, 7) is 4.57. The van der Waals surface area contributed by atoms with Gasteiger partial charge in [0.05, 0.1) is 23.5 Å². The summed E-state index contributed by atoms with van der Waals surface area (Å²) in [5.41, 5.74) is 1.78. The van der Waals surface area contributed by atoms with Crippen LogP contribution in [0.15, 0.2) is 58.8 Å². The first kappa shape index (κ1) is 21.2. The molecule has 0 radical (unpaired) electrons. The first-order valence-corrected chi connectivity index (χ1v) is 9.54. The van der Waals surface area contributed by atoms with Crippen LogP contribution in [0.5, 0.6) is 5.75 Å². The molecule has 0 bridgehead atoms. The maximum Gasteiger partial charge on any atom is 0.339 e. The van der Waals surface area contributed by atoms with Crippen molar-refractivity contribution in [2.45, 2.75) is 45.6 Å². The summed E-state index contributed by atoms with van der Waals surface area (Å²) in [5.74, 6) is 2.73. The van der Waals surface area contributed by atoms with E-state index < -0.39 is 12.1 Å². The SMILES string of the molecule is C#C[C@@H](C)OC(=O)c1ccc(N=Nc2ccc(OCCCCCC)cc2)cc1. The highest BCUT2D eigenvalue weighted by atomic mass is 16.5. The average molecular weight is 378 g/mol. The third-order valence-corrected chi connectivity index (χ3v) is 4.01. The largest absolute Gasteiger partial charge is 0.494 e. The lowest BCUT2D eigenvalue weighted by molar-refractivity contribution is 0.0439. The molecule has 0 aliphatic heterocycles. The van der Waals surface area contributed by atoms with Gasteiger partial charge in [-0.2, -0.15) is 10.2 Å². The second-order valence-corrected chi connectivity index (χ2v) is 6.36. The van der Waals surface area contributed by atoms with Gasteiger partial charge in [0.1, 0.15) is 5.75 Å². The zero-order valence-electron chi connectivity index (χ0n) is 16.4. The number of rotatable bonds is 10. The van der Waals surface area contributed by atoms with Crippen molar-refractivity contribution in [3.8, 4) is 18.1 Å². The summed E-state index contributed by atoms with van der Waals surface area (Å²) in [4.78, 5) is 11.9. The Balaban J connectivity index is 1.86. The fraction of sp³-hybridized carbons (Fsp3) is 0.348. The standard InChI is InChI=1S/C23H26N2O3/c1-4-6-7-8-17-27-22-15-13-21(14-16-22)25-24-20-11-9-19(10-12-20)23(26)28-18(3)5-2/h2,9-16,18H,4,6-8,17H2,1,3H3/t18-/m1/s1. The second kappa shape index (κ2) is 11.6. The lowest BCUT2D eigenvalue weighted by Crippen LogP contribution is -2.12. The number of azo groups is 1. The molecule has 0 saturated heterocycles. The van der Waals surface area contributed by atoms with Gasteiger partial charge < -0.3 is 9.47 Å². The Hall–Kier alpha value is -3.13. The van der Waals surface area contributed by atoms with Crippen molar-refractivity contribution < 1.29 is 14.3 Å². The second-order valence-electron chi connectivity index (χ2n) is 6.36. The van der Waals surface area contributed by atoms with E-state index in [4.69, 9.17) is 15.9 Å². The Labute approximate surface area is 166 Å². The van der Waals surface area contributed by atoms with Gasteiger partial charge in [0.25, 0.3) is 0 Å². The molecule has 2 rings (SSSR count). The van der Waals surface area contributed by atoms with Gasteiger partial charge in [-0.1, -0.05) is 32.1 Å². The summed E-state index contributed by atoms with van der Waals surface area (Å²) in [6.07, 6.45) is 9.38. The number of esters is 1. The van der Waals surface area contributed by atoms with Crippen molar-refractivity contribution in [3.05, 3.63) is 54.1 Å². The van der Waals surface area contributed by atoms with Crippen LogP contribution in [0.1, 0.15) is 49.9 Å². The molecule has 0 saturated carbocycles. The van der Waals surface area contributed by atoms with Crippen LogP contribution < -0.4 is 4.74 Å². The van der Waals surface area contributed by atoms with Crippen LogP contribution >= 0.6 is 0 Å². The quantitative estimate of drug-likeness (QED) is 0.213. The van der Waals surface area contributed by atoms with E-state index in [0.717, 1.165) is 24.5 Å². The molecule has 0 N–H and O–H groups in total. The minimum Gasteiger partial charge on any atom is -0.494 e. The number of carbonyl (C=O) groups excluding carboxylic acids is 1. The maximum atomic E-state index is 11.9. The predicted octanol–water partition coefficient (Wildman–Crippen LogP) is 6.24. The molecule has 0 spiro atoms. The van der Waals surface area contributed by atoms with Crippen LogP contribution in [0.4, 0.5) is 11.4 Å². The zero-order chi connectivity index (χ0) is 20.2. The molecule has 0 heterocycles. The average Bonchev–Trinajstić information content (AvgIpc) is 2.73. The summed E-state index contributed by atoms with van der Waals surface area (Å²) < 4.78 is 10.8. The van der Waals surface area contributed by atoms with Crippen molar-refractivity contribution in [2.75, 3.05) is 6.61 Å². The van der Waals surface area contributed by atoms with Crippen molar-refractivity contribution in [2.24, 2.45) is 10.2 Å². The normalized spacial score (nSPS) is 11.8. The summed E-state index contributed by atoms with van der Waals surface area (Å²) >= 11 is 0. The van der Waals surface area contributed by atoms with E-state index in [2.05, 4.69) is 23.1 Å². The number of hydrogen-bond acceptors (Lipinski definition) is 5. The Bertz CT molecular complexity index is 805. The van der Waals surface area contributed by atoms with Crippen LogP contribution in [0.3, 0.4) is 0 Å². The van der Waals surface area contributed by atoms with Gasteiger partial charge in [-0.15, -0.1) is 6.42 Å². The summed E-state index contributed by atoms with van der Waals surface area (Å²) in [6, 6.07) is 14.2. The van der Waals surface area contributed by atoms with Gasteiger partial charge in [0.15, 0.2) is 6.10 Å². The molecule has 2 aromatic carbocycles. The van der Waals surface area contributed by atoms with E-state index in [9.17, 15) is 4.79 Å². The van der Waals surface area contributed by atoms with E-state index in [0.29, 0.717) is 11.3 Å². The molecule has 0 aliphatic rings. The molecule has 0 fully saturated rings.